The van der Waals surface area contributed by atoms with Gasteiger partial charge in [0.1, 0.15) is 12.0 Å². The van der Waals surface area contributed by atoms with Crippen LogP contribution in [0.4, 0.5) is 11.5 Å². The average molecular weight is 253 g/mol. The Morgan fingerprint density at radius 3 is 3.00 bits per heavy atom. The molecule has 0 aliphatic carbocycles. The summed E-state index contributed by atoms with van der Waals surface area (Å²) >= 11 is 5.78. The van der Waals surface area contributed by atoms with Gasteiger partial charge in [-0.2, -0.15) is 5.10 Å². The van der Waals surface area contributed by atoms with Crippen LogP contribution in [-0.2, 0) is 13.5 Å². The van der Waals surface area contributed by atoms with Gasteiger partial charge in [-0.25, -0.2) is 9.97 Å². The molecule has 2 heterocycles. The molecule has 0 unspecified atom stereocenters. The fourth-order valence-corrected chi connectivity index (χ4v) is 1.55. The second-order valence-electron chi connectivity index (χ2n) is 3.58. The molecule has 0 saturated carbocycles. The molecular weight excluding hydrogens is 240 g/mol. The van der Waals surface area contributed by atoms with Gasteiger partial charge in [0.2, 0.25) is 0 Å². The second kappa shape index (κ2) is 5.01. The molecule has 17 heavy (non-hydrogen) atoms. The zero-order valence-electron chi connectivity index (χ0n) is 9.39. The summed E-state index contributed by atoms with van der Waals surface area (Å²) in [5, 5.41) is 7.63. The third kappa shape index (κ3) is 2.85. The quantitative estimate of drug-likeness (QED) is 0.797. The number of nitrogens with one attached hydrogen (secondary N) is 1. The summed E-state index contributed by atoms with van der Waals surface area (Å²) in [6.45, 7) is 0.689. The molecule has 0 spiro atoms. The van der Waals surface area contributed by atoms with Gasteiger partial charge in [-0.1, -0.05) is 11.6 Å². The van der Waals surface area contributed by atoms with Crippen molar-refractivity contribution in [2.45, 2.75) is 6.42 Å². The smallest absolute Gasteiger partial charge is 0.157 e. The van der Waals surface area contributed by atoms with E-state index in [-0.39, 0.29) is 5.15 Å². The van der Waals surface area contributed by atoms with Crippen molar-refractivity contribution in [1.29, 1.82) is 0 Å². The summed E-state index contributed by atoms with van der Waals surface area (Å²) in [6, 6.07) is 1.97. The lowest BCUT2D eigenvalue weighted by Gasteiger charge is -2.07. The van der Waals surface area contributed by atoms with Crippen molar-refractivity contribution in [2.75, 3.05) is 17.6 Å². The van der Waals surface area contributed by atoms with E-state index in [4.69, 9.17) is 17.3 Å². The fourth-order valence-electron chi connectivity index (χ4n) is 1.42. The minimum Gasteiger partial charge on any atom is -0.393 e. The van der Waals surface area contributed by atoms with Crippen LogP contribution in [0.1, 0.15) is 5.69 Å². The van der Waals surface area contributed by atoms with Crippen LogP contribution in [0.3, 0.4) is 0 Å². The van der Waals surface area contributed by atoms with Gasteiger partial charge >= 0.3 is 0 Å². The number of halogens is 1. The molecule has 0 aliphatic heterocycles. The van der Waals surface area contributed by atoms with E-state index >= 15 is 0 Å². The Bertz CT molecular complexity index is 509. The first-order valence-corrected chi connectivity index (χ1v) is 5.53. The molecule has 0 saturated heterocycles. The van der Waals surface area contributed by atoms with Gasteiger partial charge in [0.05, 0.1) is 5.69 Å². The Kier molecular flexibility index (Phi) is 3.43. The molecule has 3 N–H and O–H groups in total. The first-order chi connectivity index (χ1) is 8.16. The van der Waals surface area contributed by atoms with Crippen LogP contribution >= 0.6 is 11.6 Å². The van der Waals surface area contributed by atoms with E-state index in [9.17, 15) is 0 Å². The monoisotopic (exact) mass is 252 g/mol. The standard InChI is InChI=1S/C10H13ClN6/c1-17-5-3-7(16-17)2-4-13-10-8(12)9(11)14-6-15-10/h3,5-6H,2,4,12H2,1H3,(H,13,14,15). The predicted molar refractivity (Wildman–Crippen MR) is 66.9 cm³/mol. The maximum Gasteiger partial charge on any atom is 0.157 e. The Morgan fingerprint density at radius 2 is 2.29 bits per heavy atom. The Morgan fingerprint density at radius 1 is 1.47 bits per heavy atom. The van der Waals surface area contributed by atoms with Gasteiger partial charge < -0.3 is 11.1 Å². The van der Waals surface area contributed by atoms with Gasteiger partial charge in [-0.3, -0.25) is 4.68 Å². The number of nitrogens with zero attached hydrogens (tertiary/aromatic N) is 4. The van der Waals surface area contributed by atoms with E-state index in [1.54, 1.807) is 4.68 Å². The van der Waals surface area contributed by atoms with Crippen LogP contribution in [0.25, 0.3) is 0 Å². The van der Waals surface area contributed by atoms with Gasteiger partial charge in [0.15, 0.2) is 11.0 Å². The van der Waals surface area contributed by atoms with Crippen molar-refractivity contribution in [3.63, 3.8) is 0 Å². The molecule has 2 rings (SSSR count). The number of aryl methyl sites for hydroxylation is 1. The molecule has 0 bridgehead atoms. The van der Waals surface area contributed by atoms with Crippen LogP contribution in [0.2, 0.25) is 5.15 Å². The van der Waals surface area contributed by atoms with E-state index in [0.29, 0.717) is 18.1 Å². The highest BCUT2D eigenvalue weighted by molar-refractivity contribution is 6.32. The lowest BCUT2D eigenvalue weighted by molar-refractivity contribution is 0.742. The average Bonchev–Trinajstić information content (AvgIpc) is 2.70. The molecule has 0 aromatic carbocycles. The molecule has 7 heteroatoms. The van der Waals surface area contributed by atoms with Crippen LogP contribution < -0.4 is 11.1 Å². The Balaban J connectivity index is 1.92. The summed E-state index contributed by atoms with van der Waals surface area (Å²) in [5.74, 6) is 0.556. The number of hydrogen-bond donors (Lipinski definition) is 2. The highest BCUT2D eigenvalue weighted by atomic mass is 35.5. The summed E-state index contributed by atoms with van der Waals surface area (Å²) in [5.41, 5.74) is 7.11. The Hall–Kier alpha value is -1.82. The topological polar surface area (TPSA) is 81.7 Å². The number of anilines is 2. The molecule has 0 aliphatic rings. The largest absolute Gasteiger partial charge is 0.393 e. The SMILES string of the molecule is Cn1ccc(CCNc2ncnc(Cl)c2N)n1. The number of rotatable bonds is 4. The van der Waals surface area contributed by atoms with Crippen molar-refractivity contribution < 1.29 is 0 Å². The zero-order valence-corrected chi connectivity index (χ0v) is 10.1. The number of nitrogen functional groups attached to an aromatic ring is 1. The highest BCUT2D eigenvalue weighted by Crippen LogP contribution is 2.21. The van der Waals surface area contributed by atoms with Crippen molar-refractivity contribution in [3.05, 3.63) is 29.4 Å². The number of nitrogens with two attached hydrogens (primary N) is 1. The molecule has 0 fully saturated rings. The normalized spacial score (nSPS) is 10.5. The molecule has 0 radical (unpaired) electrons. The fraction of sp³-hybridized carbons (Fsp3) is 0.300. The van der Waals surface area contributed by atoms with Crippen LogP contribution in [0.15, 0.2) is 18.6 Å². The van der Waals surface area contributed by atoms with Crippen LogP contribution in [0.5, 0.6) is 0 Å². The lowest BCUT2D eigenvalue weighted by atomic mass is 10.3. The first kappa shape index (κ1) is 11.7. The Labute approximate surface area is 104 Å². The van der Waals surface area contributed by atoms with Crippen molar-refractivity contribution in [2.24, 2.45) is 7.05 Å². The predicted octanol–water partition coefficient (Wildman–Crippen LogP) is 1.10. The third-order valence-electron chi connectivity index (χ3n) is 2.28. The van der Waals surface area contributed by atoms with E-state index in [0.717, 1.165) is 12.1 Å². The van der Waals surface area contributed by atoms with Crippen molar-refractivity contribution >= 4 is 23.1 Å². The lowest BCUT2D eigenvalue weighted by Crippen LogP contribution is -2.09. The molecule has 2 aromatic heterocycles. The van der Waals surface area contributed by atoms with Gasteiger partial charge in [0, 0.05) is 26.2 Å². The molecule has 90 valence electrons. The van der Waals surface area contributed by atoms with E-state index in [2.05, 4.69) is 20.4 Å². The summed E-state index contributed by atoms with van der Waals surface area (Å²) in [7, 11) is 1.89. The van der Waals surface area contributed by atoms with Crippen LogP contribution in [0, 0.1) is 0 Å². The third-order valence-corrected chi connectivity index (χ3v) is 2.58. The minimum atomic E-state index is 0.264. The molecule has 2 aromatic rings. The van der Waals surface area contributed by atoms with Gasteiger partial charge in [0.25, 0.3) is 0 Å². The van der Waals surface area contributed by atoms with Gasteiger partial charge in [-0.15, -0.1) is 0 Å². The van der Waals surface area contributed by atoms with E-state index in [1.165, 1.54) is 6.33 Å². The summed E-state index contributed by atoms with van der Waals surface area (Å²) in [4.78, 5) is 7.80. The van der Waals surface area contributed by atoms with Gasteiger partial charge in [-0.05, 0) is 6.07 Å². The highest BCUT2D eigenvalue weighted by Gasteiger charge is 2.05. The number of hydrogen-bond acceptors (Lipinski definition) is 5. The first-order valence-electron chi connectivity index (χ1n) is 5.15. The van der Waals surface area contributed by atoms with Crippen molar-refractivity contribution in [1.82, 2.24) is 19.7 Å². The maximum absolute atomic E-state index is 5.78. The second-order valence-corrected chi connectivity index (χ2v) is 3.94. The van der Waals surface area contributed by atoms with E-state index in [1.807, 2.05) is 19.3 Å². The van der Waals surface area contributed by atoms with Crippen molar-refractivity contribution in [3.8, 4) is 0 Å². The minimum absolute atomic E-state index is 0.264. The molecule has 6 nitrogen and oxygen atoms in total. The molecular formula is C10H13ClN6. The summed E-state index contributed by atoms with van der Waals surface area (Å²) < 4.78 is 1.77. The van der Waals surface area contributed by atoms with Crippen LogP contribution in [-0.4, -0.2) is 26.3 Å². The molecule has 0 amide bonds. The maximum atomic E-state index is 5.78. The molecule has 0 atom stereocenters. The number of aromatic nitrogens is 4. The summed E-state index contributed by atoms with van der Waals surface area (Å²) in [6.07, 6.45) is 4.08. The zero-order chi connectivity index (χ0) is 12.3. The van der Waals surface area contributed by atoms with E-state index < -0.39 is 0 Å².